The van der Waals surface area contributed by atoms with Crippen LogP contribution in [0.3, 0.4) is 0 Å². The van der Waals surface area contributed by atoms with Crippen molar-refractivity contribution >= 4 is 32.9 Å². The van der Waals surface area contributed by atoms with Crippen molar-refractivity contribution < 1.29 is 9.47 Å². The molecule has 0 unspecified atom stereocenters. The van der Waals surface area contributed by atoms with Crippen LogP contribution in [0, 0.1) is 0 Å². The normalized spacial score (nSPS) is 11.0. The van der Waals surface area contributed by atoms with Gasteiger partial charge in [-0.3, -0.25) is 5.43 Å². The summed E-state index contributed by atoms with van der Waals surface area (Å²) in [5.74, 6) is 2.42. The Morgan fingerprint density at radius 3 is 2.44 bits per heavy atom. The molecular formula is C21H17N3O2S. The van der Waals surface area contributed by atoms with E-state index in [1.165, 1.54) is 11.3 Å². The zero-order chi connectivity index (χ0) is 18.5. The Bertz CT molecular complexity index is 1060. The molecule has 0 atom stereocenters. The highest BCUT2D eigenvalue weighted by molar-refractivity contribution is 7.22. The fourth-order valence-electron chi connectivity index (χ4n) is 2.49. The molecule has 0 aliphatic rings. The van der Waals surface area contributed by atoms with Gasteiger partial charge in [-0.2, -0.15) is 5.10 Å². The Labute approximate surface area is 160 Å². The molecule has 0 radical (unpaired) electrons. The number of methoxy groups -OCH3 is 1. The van der Waals surface area contributed by atoms with Gasteiger partial charge in [0, 0.05) is 0 Å². The number of ether oxygens (including phenoxy) is 2. The predicted molar refractivity (Wildman–Crippen MR) is 110 cm³/mol. The summed E-state index contributed by atoms with van der Waals surface area (Å²) in [6.07, 6.45) is 1.75. The van der Waals surface area contributed by atoms with Crippen LogP contribution in [0.25, 0.3) is 10.2 Å². The first-order valence-electron chi connectivity index (χ1n) is 8.37. The number of benzene rings is 3. The van der Waals surface area contributed by atoms with E-state index in [0.29, 0.717) is 0 Å². The van der Waals surface area contributed by atoms with Crippen LogP contribution in [0.4, 0.5) is 5.13 Å². The van der Waals surface area contributed by atoms with E-state index in [1.54, 1.807) is 13.3 Å². The molecule has 4 aromatic rings. The molecule has 1 N–H and O–H groups in total. The first kappa shape index (κ1) is 17.1. The molecule has 0 aliphatic heterocycles. The Morgan fingerprint density at radius 2 is 1.67 bits per heavy atom. The van der Waals surface area contributed by atoms with E-state index in [0.717, 1.165) is 38.2 Å². The minimum absolute atomic E-state index is 0.735. The van der Waals surface area contributed by atoms with Gasteiger partial charge in [-0.15, -0.1) is 0 Å². The maximum absolute atomic E-state index is 5.78. The molecule has 0 bridgehead atoms. The van der Waals surface area contributed by atoms with Crippen LogP contribution >= 0.6 is 11.3 Å². The Morgan fingerprint density at radius 1 is 0.926 bits per heavy atom. The van der Waals surface area contributed by atoms with Gasteiger partial charge in [0.05, 0.1) is 23.5 Å². The van der Waals surface area contributed by atoms with Crippen LogP contribution in [0.5, 0.6) is 17.2 Å². The molecule has 134 valence electrons. The zero-order valence-corrected chi connectivity index (χ0v) is 15.4. The van der Waals surface area contributed by atoms with Crippen molar-refractivity contribution in [1.82, 2.24) is 4.98 Å². The van der Waals surface area contributed by atoms with E-state index in [9.17, 15) is 0 Å². The summed E-state index contributed by atoms with van der Waals surface area (Å²) < 4.78 is 12.1. The number of hydrogen-bond donors (Lipinski definition) is 1. The van der Waals surface area contributed by atoms with Crippen molar-refractivity contribution in [2.75, 3.05) is 12.5 Å². The molecule has 1 aromatic heterocycles. The molecule has 5 nitrogen and oxygen atoms in total. The summed E-state index contributed by atoms with van der Waals surface area (Å²) in [6.45, 7) is 0. The third-order valence-corrected chi connectivity index (χ3v) is 4.75. The highest BCUT2D eigenvalue weighted by Gasteiger charge is 2.04. The van der Waals surface area contributed by atoms with E-state index in [2.05, 4.69) is 15.5 Å². The fourth-order valence-corrected chi connectivity index (χ4v) is 3.33. The van der Waals surface area contributed by atoms with Gasteiger partial charge in [-0.25, -0.2) is 4.98 Å². The lowest BCUT2D eigenvalue weighted by molar-refractivity contribution is 0.415. The average molecular weight is 375 g/mol. The monoisotopic (exact) mass is 375 g/mol. The van der Waals surface area contributed by atoms with Crippen LogP contribution < -0.4 is 14.9 Å². The number of nitrogens with zero attached hydrogens (tertiary/aromatic N) is 2. The van der Waals surface area contributed by atoms with Gasteiger partial charge >= 0.3 is 0 Å². The topological polar surface area (TPSA) is 55.7 Å². The van der Waals surface area contributed by atoms with Crippen LogP contribution in [0.2, 0.25) is 0 Å². The van der Waals surface area contributed by atoms with E-state index < -0.39 is 0 Å². The summed E-state index contributed by atoms with van der Waals surface area (Å²) >= 11 is 1.53. The molecule has 6 heteroatoms. The standard InChI is InChI=1S/C21H17N3O2S/c1-25-18-11-12-19-20(13-18)27-21(23-19)24-22-14-15-7-9-17(10-8-15)26-16-5-3-2-4-6-16/h2-14H,1H3,(H,23,24)/b22-14-. The highest BCUT2D eigenvalue weighted by atomic mass is 32.1. The molecule has 27 heavy (non-hydrogen) atoms. The van der Waals surface area contributed by atoms with Crippen molar-refractivity contribution in [1.29, 1.82) is 0 Å². The van der Waals surface area contributed by atoms with Gasteiger partial charge < -0.3 is 9.47 Å². The minimum Gasteiger partial charge on any atom is -0.497 e. The summed E-state index contributed by atoms with van der Waals surface area (Å²) in [6, 6.07) is 23.2. The SMILES string of the molecule is COc1ccc2nc(N/N=C\c3ccc(Oc4ccccc4)cc3)sc2c1. The number of anilines is 1. The molecular weight excluding hydrogens is 358 g/mol. The smallest absolute Gasteiger partial charge is 0.204 e. The van der Waals surface area contributed by atoms with Crippen LogP contribution in [-0.2, 0) is 0 Å². The molecule has 0 fully saturated rings. The second-order valence-corrected chi connectivity index (χ2v) is 6.74. The maximum atomic E-state index is 5.78. The molecule has 0 saturated heterocycles. The van der Waals surface area contributed by atoms with Crippen LogP contribution in [-0.4, -0.2) is 18.3 Å². The zero-order valence-electron chi connectivity index (χ0n) is 14.6. The molecule has 0 saturated carbocycles. The third-order valence-electron chi connectivity index (χ3n) is 3.83. The Kier molecular flexibility index (Phi) is 4.98. The van der Waals surface area contributed by atoms with Crippen molar-refractivity contribution in [2.45, 2.75) is 0 Å². The summed E-state index contributed by atoms with van der Waals surface area (Å²) in [5.41, 5.74) is 4.86. The molecule has 1 heterocycles. The van der Waals surface area contributed by atoms with Crippen molar-refractivity contribution in [3.8, 4) is 17.2 Å². The minimum atomic E-state index is 0.735. The fraction of sp³-hybridized carbons (Fsp3) is 0.0476. The number of para-hydroxylation sites is 1. The average Bonchev–Trinajstić information content (AvgIpc) is 3.12. The lowest BCUT2D eigenvalue weighted by Crippen LogP contribution is -1.90. The number of fused-ring (bicyclic) bond motifs is 1. The van der Waals surface area contributed by atoms with E-state index in [-0.39, 0.29) is 0 Å². The van der Waals surface area contributed by atoms with Crippen molar-refractivity contribution in [3.05, 3.63) is 78.4 Å². The largest absolute Gasteiger partial charge is 0.497 e. The third kappa shape index (κ3) is 4.24. The van der Waals surface area contributed by atoms with Crippen LogP contribution in [0.15, 0.2) is 77.9 Å². The van der Waals surface area contributed by atoms with E-state index in [4.69, 9.17) is 9.47 Å². The molecule has 3 aromatic carbocycles. The Balaban J connectivity index is 1.39. The van der Waals surface area contributed by atoms with Crippen molar-refractivity contribution in [2.24, 2.45) is 5.10 Å². The van der Waals surface area contributed by atoms with Gasteiger partial charge in [-0.05, 0) is 60.2 Å². The number of aromatic nitrogens is 1. The Hall–Kier alpha value is -3.38. The first-order valence-corrected chi connectivity index (χ1v) is 9.18. The molecule has 0 spiro atoms. The lowest BCUT2D eigenvalue weighted by atomic mass is 10.2. The maximum Gasteiger partial charge on any atom is 0.204 e. The second-order valence-electron chi connectivity index (χ2n) is 5.71. The quantitative estimate of drug-likeness (QED) is 0.355. The number of thiazole rings is 1. The van der Waals surface area contributed by atoms with Gasteiger partial charge in [0.1, 0.15) is 17.2 Å². The van der Waals surface area contributed by atoms with Gasteiger partial charge in [0.2, 0.25) is 5.13 Å². The molecule has 4 rings (SSSR count). The highest BCUT2D eigenvalue weighted by Crippen LogP contribution is 2.29. The number of hydrazone groups is 1. The summed E-state index contributed by atoms with van der Waals surface area (Å²) in [5, 5.41) is 5.00. The first-order chi connectivity index (χ1) is 13.3. The lowest BCUT2D eigenvalue weighted by Gasteiger charge is -2.05. The van der Waals surface area contributed by atoms with E-state index >= 15 is 0 Å². The number of hydrogen-bond acceptors (Lipinski definition) is 6. The second kappa shape index (κ2) is 7.88. The number of rotatable bonds is 6. The van der Waals surface area contributed by atoms with E-state index in [1.807, 2.05) is 72.8 Å². The summed E-state index contributed by atoms with van der Waals surface area (Å²) in [4.78, 5) is 4.50. The van der Waals surface area contributed by atoms with Gasteiger partial charge in [-0.1, -0.05) is 29.5 Å². The van der Waals surface area contributed by atoms with Gasteiger partial charge in [0.25, 0.3) is 0 Å². The van der Waals surface area contributed by atoms with Crippen molar-refractivity contribution in [3.63, 3.8) is 0 Å². The number of nitrogens with one attached hydrogen (secondary N) is 1. The summed E-state index contributed by atoms with van der Waals surface area (Å²) in [7, 11) is 1.65. The van der Waals surface area contributed by atoms with Gasteiger partial charge in [0.15, 0.2) is 0 Å². The predicted octanol–water partition coefficient (Wildman–Crippen LogP) is 5.54. The van der Waals surface area contributed by atoms with Crippen LogP contribution in [0.1, 0.15) is 5.56 Å². The molecule has 0 amide bonds. The molecule has 0 aliphatic carbocycles.